The van der Waals surface area contributed by atoms with Gasteiger partial charge in [-0.3, -0.25) is 19.6 Å². The van der Waals surface area contributed by atoms with Crippen molar-refractivity contribution in [3.8, 4) is 0 Å². The van der Waals surface area contributed by atoms with Gasteiger partial charge < -0.3 is 5.32 Å². The predicted molar refractivity (Wildman–Crippen MR) is 92.1 cm³/mol. The number of benzene rings is 1. The summed E-state index contributed by atoms with van der Waals surface area (Å²) in [5.74, 6) is -0.374. The van der Waals surface area contributed by atoms with Crippen molar-refractivity contribution in [2.24, 2.45) is 0 Å². The van der Waals surface area contributed by atoms with E-state index in [9.17, 15) is 14.9 Å². The van der Waals surface area contributed by atoms with Crippen LogP contribution in [-0.4, -0.2) is 20.6 Å². The zero-order chi connectivity index (χ0) is 16.4. The van der Waals surface area contributed by atoms with Gasteiger partial charge in [0.05, 0.1) is 21.3 Å². The maximum atomic E-state index is 12.4. The second-order valence-electron chi connectivity index (χ2n) is 4.15. The molecule has 116 valence electrons. The van der Waals surface area contributed by atoms with Gasteiger partial charge in [0.2, 0.25) is 0 Å². The lowest BCUT2D eigenvalue weighted by Crippen LogP contribution is -2.18. The highest BCUT2D eigenvalue weighted by atomic mass is 79.9. The van der Waals surface area contributed by atoms with Gasteiger partial charge in [0.15, 0.2) is 0 Å². The van der Waals surface area contributed by atoms with Gasteiger partial charge >= 0.3 is 0 Å². The SMILES string of the molecule is CCn1ncc(Br)c1C(=O)Nc1c(Br)cc([N+](=O)[O-])cc1Br. The monoisotopic (exact) mass is 494 g/mol. The first-order valence-corrected chi connectivity index (χ1v) is 8.39. The van der Waals surface area contributed by atoms with E-state index in [0.717, 1.165) is 0 Å². The Hall–Kier alpha value is -1.26. The Kier molecular flexibility index (Phi) is 5.35. The van der Waals surface area contributed by atoms with E-state index in [0.29, 0.717) is 31.3 Å². The number of carbonyl (C=O) groups excluding carboxylic acids is 1. The molecule has 0 saturated heterocycles. The van der Waals surface area contributed by atoms with Crippen molar-refractivity contribution in [3.05, 3.63) is 47.6 Å². The van der Waals surface area contributed by atoms with E-state index in [1.54, 1.807) is 10.9 Å². The molecule has 0 aliphatic carbocycles. The number of non-ortho nitro benzene ring substituents is 1. The number of nitrogens with zero attached hydrogens (tertiary/aromatic N) is 3. The summed E-state index contributed by atoms with van der Waals surface area (Å²) in [4.78, 5) is 22.7. The number of amides is 1. The number of carbonyl (C=O) groups is 1. The van der Waals surface area contributed by atoms with Crippen LogP contribution in [0.5, 0.6) is 0 Å². The lowest BCUT2D eigenvalue weighted by Gasteiger charge is -2.11. The number of nitro benzene ring substituents is 1. The van der Waals surface area contributed by atoms with Crippen LogP contribution in [0, 0.1) is 10.1 Å². The zero-order valence-corrected chi connectivity index (χ0v) is 15.9. The van der Waals surface area contributed by atoms with Crippen molar-refractivity contribution in [2.45, 2.75) is 13.5 Å². The van der Waals surface area contributed by atoms with Crippen molar-refractivity contribution in [2.75, 3.05) is 5.32 Å². The average Bonchev–Trinajstić information content (AvgIpc) is 2.83. The summed E-state index contributed by atoms with van der Waals surface area (Å²) in [6.07, 6.45) is 1.54. The molecule has 7 nitrogen and oxygen atoms in total. The number of aryl methyl sites for hydroxylation is 1. The minimum absolute atomic E-state index is 0.0865. The zero-order valence-electron chi connectivity index (χ0n) is 11.1. The van der Waals surface area contributed by atoms with Crippen LogP contribution in [0.1, 0.15) is 17.4 Å². The van der Waals surface area contributed by atoms with Crippen LogP contribution in [0.3, 0.4) is 0 Å². The normalized spacial score (nSPS) is 10.5. The molecule has 0 spiro atoms. The highest BCUT2D eigenvalue weighted by Gasteiger charge is 2.20. The largest absolute Gasteiger partial charge is 0.319 e. The standard InChI is InChI=1S/C12H9Br3N4O3/c1-2-18-11(9(15)5-16-18)12(20)17-10-7(13)3-6(19(21)22)4-8(10)14/h3-5H,2H2,1H3,(H,17,20). The van der Waals surface area contributed by atoms with Crippen LogP contribution >= 0.6 is 47.8 Å². The second kappa shape index (κ2) is 6.88. The molecule has 0 radical (unpaired) electrons. The number of rotatable bonds is 4. The van der Waals surface area contributed by atoms with E-state index in [2.05, 4.69) is 58.2 Å². The Labute approximate surface area is 150 Å². The molecule has 1 N–H and O–H groups in total. The van der Waals surface area contributed by atoms with E-state index in [-0.39, 0.29) is 11.6 Å². The van der Waals surface area contributed by atoms with Crippen LogP contribution < -0.4 is 5.32 Å². The Bertz CT molecular complexity index is 737. The van der Waals surface area contributed by atoms with Gasteiger partial charge in [-0.2, -0.15) is 5.10 Å². The van der Waals surface area contributed by atoms with Crippen molar-refractivity contribution in [1.82, 2.24) is 9.78 Å². The highest BCUT2D eigenvalue weighted by Crippen LogP contribution is 2.35. The molecule has 1 aromatic heterocycles. The van der Waals surface area contributed by atoms with Gasteiger partial charge in [-0.25, -0.2) is 0 Å². The Morgan fingerprint density at radius 2 is 1.91 bits per heavy atom. The summed E-state index contributed by atoms with van der Waals surface area (Å²) in [7, 11) is 0. The third-order valence-corrected chi connectivity index (χ3v) is 4.62. The maximum absolute atomic E-state index is 12.4. The van der Waals surface area contributed by atoms with Crippen molar-refractivity contribution >= 4 is 65.1 Å². The van der Waals surface area contributed by atoms with Crippen LogP contribution in [0.4, 0.5) is 11.4 Å². The molecular formula is C12H9Br3N4O3. The summed E-state index contributed by atoms with van der Waals surface area (Å²) >= 11 is 9.74. The molecule has 22 heavy (non-hydrogen) atoms. The van der Waals surface area contributed by atoms with Gasteiger partial charge in [-0.05, 0) is 54.7 Å². The fraction of sp³-hybridized carbons (Fsp3) is 0.167. The molecule has 0 aliphatic heterocycles. The predicted octanol–water partition coefficient (Wildman–Crippen LogP) is 4.35. The van der Waals surface area contributed by atoms with Crippen LogP contribution in [-0.2, 0) is 6.54 Å². The van der Waals surface area contributed by atoms with Crippen molar-refractivity contribution in [3.63, 3.8) is 0 Å². The molecule has 10 heteroatoms. The molecule has 0 saturated carbocycles. The van der Waals surface area contributed by atoms with Crippen LogP contribution in [0.15, 0.2) is 31.7 Å². The number of halogens is 3. The maximum Gasteiger partial charge on any atom is 0.275 e. The molecule has 1 aromatic carbocycles. The van der Waals surface area contributed by atoms with Gasteiger partial charge in [-0.15, -0.1) is 0 Å². The molecule has 0 bridgehead atoms. The smallest absolute Gasteiger partial charge is 0.275 e. The number of hydrogen-bond acceptors (Lipinski definition) is 4. The number of hydrogen-bond donors (Lipinski definition) is 1. The summed E-state index contributed by atoms with van der Waals surface area (Å²) in [6, 6.07) is 2.65. The van der Waals surface area contributed by atoms with E-state index >= 15 is 0 Å². The van der Waals surface area contributed by atoms with Crippen molar-refractivity contribution < 1.29 is 9.72 Å². The fourth-order valence-electron chi connectivity index (χ4n) is 1.79. The second-order valence-corrected chi connectivity index (χ2v) is 6.72. The lowest BCUT2D eigenvalue weighted by atomic mass is 10.2. The van der Waals surface area contributed by atoms with Gasteiger partial charge in [0, 0.05) is 27.6 Å². The van der Waals surface area contributed by atoms with Crippen molar-refractivity contribution in [1.29, 1.82) is 0 Å². The Morgan fingerprint density at radius 3 is 2.41 bits per heavy atom. The third-order valence-electron chi connectivity index (χ3n) is 2.79. The number of anilines is 1. The van der Waals surface area contributed by atoms with Crippen LogP contribution in [0.25, 0.3) is 0 Å². The first kappa shape index (κ1) is 17.1. The molecule has 0 aliphatic rings. The topological polar surface area (TPSA) is 90.1 Å². The first-order chi connectivity index (χ1) is 10.3. The highest BCUT2D eigenvalue weighted by molar-refractivity contribution is 9.11. The summed E-state index contributed by atoms with van der Waals surface area (Å²) in [5.41, 5.74) is 0.697. The average molecular weight is 497 g/mol. The first-order valence-electron chi connectivity index (χ1n) is 6.01. The number of nitrogens with one attached hydrogen (secondary N) is 1. The molecule has 2 aromatic rings. The Balaban J connectivity index is 2.37. The van der Waals surface area contributed by atoms with E-state index in [1.807, 2.05) is 6.92 Å². The Morgan fingerprint density at radius 1 is 1.32 bits per heavy atom. The fourth-order valence-corrected chi connectivity index (χ4v) is 3.62. The number of nitro groups is 1. The molecule has 2 rings (SSSR count). The minimum Gasteiger partial charge on any atom is -0.319 e. The molecule has 0 fully saturated rings. The number of aromatic nitrogens is 2. The summed E-state index contributed by atoms with van der Waals surface area (Å²) in [6.45, 7) is 2.41. The molecule has 0 unspecified atom stereocenters. The van der Waals surface area contributed by atoms with E-state index < -0.39 is 4.92 Å². The molecule has 1 heterocycles. The molecule has 0 atom stereocenters. The third kappa shape index (κ3) is 3.39. The van der Waals surface area contributed by atoms with E-state index in [4.69, 9.17) is 0 Å². The summed E-state index contributed by atoms with van der Waals surface area (Å²) in [5, 5.41) is 17.6. The molecular weight excluding hydrogens is 488 g/mol. The molecule has 1 amide bonds. The lowest BCUT2D eigenvalue weighted by molar-refractivity contribution is -0.385. The quantitative estimate of drug-likeness (QED) is 0.503. The minimum atomic E-state index is -0.510. The van der Waals surface area contributed by atoms with Gasteiger partial charge in [0.25, 0.3) is 11.6 Å². The van der Waals surface area contributed by atoms with Gasteiger partial charge in [0.1, 0.15) is 5.69 Å². The van der Waals surface area contributed by atoms with Crippen LogP contribution in [0.2, 0.25) is 0 Å². The van der Waals surface area contributed by atoms with E-state index in [1.165, 1.54) is 12.1 Å². The van der Waals surface area contributed by atoms with Gasteiger partial charge in [-0.1, -0.05) is 0 Å². The summed E-state index contributed by atoms with van der Waals surface area (Å²) < 4.78 is 2.93.